The van der Waals surface area contributed by atoms with Crippen LogP contribution in [0.2, 0.25) is 0 Å². The molecule has 2 saturated carbocycles. The van der Waals surface area contributed by atoms with Crippen LogP contribution in [-0.2, 0) is 4.79 Å². The van der Waals surface area contributed by atoms with Crippen molar-refractivity contribution in [3.05, 3.63) is 0 Å². The van der Waals surface area contributed by atoms with Crippen molar-refractivity contribution in [1.29, 1.82) is 0 Å². The molecule has 0 bridgehead atoms. The van der Waals surface area contributed by atoms with Gasteiger partial charge in [0.1, 0.15) is 5.54 Å². The molecule has 3 aliphatic rings. The minimum atomic E-state index is -0.493. The predicted molar refractivity (Wildman–Crippen MR) is 84.0 cm³/mol. The highest BCUT2D eigenvalue weighted by Crippen LogP contribution is 2.42. The van der Waals surface area contributed by atoms with Crippen molar-refractivity contribution in [1.82, 2.24) is 15.1 Å². The molecule has 0 aromatic heterocycles. The van der Waals surface area contributed by atoms with Crippen LogP contribution in [0.5, 0.6) is 0 Å². The van der Waals surface area contributed by atoms with Gasteiger partial charge in [0, 0.05) is 25.2 Å². The van der Waals surface area contributed by atoms with Gasteiger partial charge in [-0.25, -0.2) is 0 Å². The van der Waals surface area contributed by atoms with Crippen LogP contribution >= 0.6 is 0 Å². The van der Waals surface area contributed by atoms with Crippen LogP contribution in [0.15, 0.2) is 0 Å². The molecule has 0 aromatic carbocycles. The second kappa shape index (κ2) is 5.86. The number of likely N-dealkylation sites (tertiary alicyclic amines) is 1. The van der Waals surface area contributed by atoms with E-state index in [1.165, 1.54) is 32.2 Å². The third-order valence-corrected chi connectivity index (χ3v) is 5.47. The Kier molecular flexibility index (Phi) is 4.26. The quantitative estimate of drug-likeness (QED) is 0.680. The first kappa shape index (κ1) is 15.3. The first-order valence-corrected chi connectivity index (χ1v) is 8.47. The molecule has 3 fully saturated rings. The zero-order valence-electron chi connectivity index (χ0n) is 13.5. The summed E-state index contributed by atoms with van der Waals surface area (Å²) in [6.07, 6.45) is 7.22. The summed E-state index contributed by atoms with van der Waals surface area (Å²) in [5.74, 6) is 0.294. The molecule has 2 unspecified atom stereocenters. The van der Waals surface area contributed by atoms with Crippen molar-refractivity contribution in [2.24, 2.45) is 11.7 Å². The molecule has 3 N–H and O–H groups in total. The minimum absolute atomic E-state index is 0.150. The Morgan fingerprint density at radius 3 is 2.52 bits per heavy atom. The van der Waals surface area contributed by atoms with Gasteiger partial charge in [0.05, 0.1) is 0 Å². The van der Waals surface area contributed by atoms with E-state index in [0.717, 1.165) is 25.9 Å². The maximum absolute atomic E-state index is 12.2. The highest BCUT2D eigenvalue weighted by Gasteiger charge is 2.52. The molecular weight excluding hydrogens is 264 g/mol. The number of primary amides is 1. The van der Waals surface area contributed by atoms with E-state index in [4.69, 9.17) is 5.73 Å². The van der Waals surface area contributed by atoms with Gasteiger partial charge in [-0.15, -0.1) is 0 Å². The maximum atomic E-state index is 12.2. The number of nitrogens with zero attached hydrogens (tertiary/aromatic N) is 2. The van der Waals surface area contributed by atoms with Gasteiger partial charge in [-0.1, -0.05) is 0 Å². The molecule has 120 valence electrons. The number of carbonyl (C=O) groups excluding carboxylic acids is 1. The predicted octanol–water partition coefficient (Wildman–Crippen LogP) is 0.399. The molecule has 2 aliphatic carbocycles. The summed E-state index contributed by atoms with van der Waals surface area (Å²) in [5, 5.41) is 3.60. The van der Waals surface area contributed by atoms with Crippen LogP contribution in [0.25, 0.3) is 0 Å². The van der Waals surface area contributed by atoms with Crippen LogP contribution < -0.4 is 11.1 Å². The zero-order chi connectivity index (χ0) is 15.0. The molecule has 0 spiro atoms. The van der Waals surface area contributed by atoms with Crippen LogP contribution in [0.3, 0.4) is 0 Å². The highest BCUT2D eigenvalue weighted by molar-refractivity contribution is 5.86. The van der Waals surface area contributed by atoms with E-state index in [2.05, 4.69) is 29.2 Å². The maximum Gasteiger partial charge on any atom is 0.239 e. The lowest BCUT2D eigenvalue weighted by molar-refractivity contribution is -0.126. The average Bonchev–Trinajstić information content (AvgIpc) is 3.31. The summed E-state index contributed by atoms with van der Waals surface area (Å²) in [6.45, 7) is 2.99. The lowest BCUT2D eigenvalue weighted by Crippen LogP contribution is -2.64. The van der Waals surface area contributed by atoms with Crippen molar-refractivity contribution in [3.63, 3.8) is 0 Å². The number of amides is 1. The van der Waals surface area contributed by atoms with Crippen molar-refractivity contribution < 1.29 is 4.79 Å². The van der Waals surface area contributed by atoms with Crippen LogP contribution in [0, 0.1) is 5.92 Å². The van der Waals surface area contributed by atoms with Gasteiger partial charge < -0.3 is 15.5 Å². The summed E-state index contributed by atoms with van der Waals surface area (Å²) in [5.41, 5.74) is 5.34. The Morgan fingerprint density at radius 2 is 2.05 bits per heavy atom. The lowest BCUT2D eigenvalue weighted by Gasteiger charge is -2.37. The summed E-state index contributed by atoms with van der Waals surface area (Å²) in [6, 6.07) is 1.14. The van der Waals surface area contributed by atoms with Gasteiger partial charge in [0.2, 0.25) is 5.91 Å². The molecule has 0 radical (unpaired) electrons. The third-order valence-electron chi connectivity index (χ3n) is 5.47. The average molecular weight is 294 g/mol. The molecule has 21 heavy (non-hydrogen) atoms. The molecule has 2 atom stereocenters. The van der Waals surface area contributed by atoms with Gasteiger partial charge in [-0.3, -0.25) is 10.1 Å². The Labute approximate surface area is 128 Å². The van der Waals surface area contributed by atoms with Crippen LogP contribution in [-0.4, -0.2) is 67.1 Å². The Morgan fingerprint density at radius 1 is 1.33 bits per heavy atom. The first-order chi connectivity index (χ1) is 10.0. The van der Waals surface area contributed by atoms with Gasteiger partial charge in [-0.05, 0) is 65.1 Å². The minimum Gasteiger partial charge on any atom is -0.368 e. The summed E-state index contributed by atoms with van der Waals surface area (Å²) < 4.78 is 0. The Bertz CT molecular complexity index is 394. The fourth-order valence-corrected chi connectivity index (χ4v) is 3.87. The number of nitrogens with one attached hydrogen (secondary N) is 1. The van der Waals surface area contributed by atoms with Gasteiger partial charge in [0.25, 0.3) is 0 Å². The van der Waals surface area contributed by atoms with E-state index < -0.39 is 5.54 Å². The summed E-state index contributed by atoms with van der Waals surface area (Å²) >= 11 is 0. The second-order valence-corrected chi connectivity index (χ2v) is 7.50. The van der Waals surface area contributed by atoms with E-state index in [1.807, 2.05) is 0 Å². The highest BCUT2D eigenvalue weighted by atomic mass is 16.1. The van der Waals surface area contributed by atoms with E-state index in [-0.39, 0.29) is 5.91 Å². The van der Waals surface area contributed by atoms with Crippen molar-refractivity contribution in [2.45, 2.75) is 56.1 Å². The van der Waals surface area contributed by atoms with E-state index >= 15 is 0 Å². The number of rotatable bonds is 8. The molecule has 3 rings (SSSR count). The monoisotopic (exact) mass is 294 g/mol. The van der Waals surface area contributed by atoms with E-state index in [9.17, 15) is 4.79 Å². The normalized spacial score (nSPS) is 29.8. The molecular formula is C16H30N4O. The number of likely N-dealkylation sites (N-methyl/N-ethyl adjacent to an activating group) is 2. The number of nitrogens with two attached hydrogens (primary N) is 1. The largest absolute Gasteiger partial charge is 0.368 e. The molecule has 0 aromatic rings. The van der Waals surface area contributed by atoms with E-state index in [1.54, 1.807) is 0 Å². The summed E-state index contributed by atoms with van der Waals surface area (Å²) in [4.78, 5) is 17.0. The van der Waals surface area contributed by atoms with Gasteiger partial charge in [0.15, 0.2) is 0 Å². The SMILES string of the molecule is CN(CC1CCCN1C)CC(NC1CC1)(C(N)=O)C1CC1. The zero-order valence-corrected chi connectivity index (χ0v) is 13.5. The van der Waals surface area contributed by atoms with Crippen molar-refractivity contribution in [2.75, 3.05) is 33.7 Å². The molecule has 1 amide bonds. The van der Waals surface area contributed by atoms with Crippen molar-refractivity contribution in [3.8, 4) is 0 Å². The first-order valence-electron chi connectivity index (χ1n) is 8.47. The smallest absolute Gasteiger partial charge is 0.239 e. The topological polar surface area (TPSA) is 61.6 Å². The number of carbonyl (C=O) groups is 1. The van der Waals surface area contributed by atoms with Gasteiger partial charge in [-0.2, -0.15) is 0 Å². The molecule has 5 heteroatoms. The molecule has 1 aliphatic heterocycles. The summed E-state index contributed by atoms with van der Waals surface area (Å²) in [7, 11) is 4.34. The molecule has 1 heterocycles. The lowest BCUT2D eigenvalue weighted by atomic mass is 9.91. The third kappa shape index (κ3) is 3.41. The molecule has 1 saturated heterocycles. The second-order valence-electron chi connectivity index (χ2n) is 7.50. The standard InChI is InChI=1S/C16H30N4O/c1-19(10-14-4-3-9-20(14)2)11-16(15(17)21,12-5-6-12)18-13-7-8-13/h12-14,18H,3-11H2,1-2H3,(H2,17,21). The van der Waals surface area contributed by atoms with Gasteiger partial charge >= 0.3 is 0 Å². The van der Waals surface area contributed by atoms with Crippen molar-refractivity contribution >= 4 is 5.91 Å². The fraction of sp³-hybridized carbons (Fsp3) is 0.938. The Balaban J connectivity index is 1.63. The Hall–Kier alpha value is -0.650. The molecule has 5 nitrogen and oxygen atoms in total. The van der Waals surface area contributed by atoms with E-state index in [0.29, 0.717) is 18.0 Å². The number of hydrogen-bond acceptors (Lipinski definition) is 4. The number of hydrogen-bond donors (Lipinski definition) is 2. The fourth-order valence-electron chi connectivity index (χ4n) is 3.87. The van der Waals surface area contributed by atoms with Crippen LogP contribution in [0.4, 0.5) is 0 Å². The van der Waals surface area contributed by atoms with Crippen LogP contribution in [0.1, 0.15) is 38.5 Å².